The van der Waals surface area contributed by atoms with E-state index < -0.39 is 0 Å². The van der Waals surface area contributed by atoms with Crippen LogP contribution < -0.4 is 0 Å². The molecule has 0 radical (unpaired) electrons. The van der Waals surface area contributed by atoms with Gasteiger partial charge in [0.2, 0.25) is 0 Å². The molecule has 0 aromatic carbocycles. The molecule has 4 rings (SSSR count). The number of fused-ring (bicyclic) bond motifs is 1. The zero-order valence-corrected chi connectivity index (χ0v) is 15.8. The molecule has 2 atom stereocenters. The van der Waals surface area contributed by atoms with Crippen molar-refractivity contribution in [3.05, 3.63) is 0 Å². The fraction of sp³-hybridized carbons (Fsp3) is 0.955. The Bertz CT molecular complexity index is 433. The summed E-state index contributed by atoms with van der Waals surface area (Å²) in [6, 6.07) is 0. The van der Waals surface area contributed by atoms with Crippen molar-refractivity contribution in [2.45, 2.75) is 96.5 Å². The largest absolute Gasteiger partial charge is 0.458 e. The molecule has 3 saturated carbocycles. The van der Waals surface area contributed by atoms with Gasteiger partial charge in [0.1, 0.15) is 5.60 Å². The second-order valence-electron chi connectivity index (χ2n) is 9.69. The summed E-state index contributed by atoms with van der Waals surface area (Å²) in [4.78, 5) is 12.8. The molecule has 2 heteroatoms. The number of cyclic esters (lactones) is 1. The van der Waals surface area contributed by atoms with E-state index in [1.807, 2.05) is 0 Å². The lowest BCUT2D eigenvalue weighted by atomic mass is 9.56. The molecule has 0 aromatic heterocycles. The van der Waals surface area contributed by atoms with E-state index in [4.69, 9.17) is 4.74 Å². The van der Waals surface area contributed by atoms with E-state index in [-0.39, 0.29) is 17.5 Å². The molecule has 1 saturated heterocycles. The van der Waals surface area contributed by atoms with Gasteiger partial charge in [0, 0.05) is 5.92 Å². The normalized spacial score (nSPS) is 49.5. The third-order valence-electron chi connectivity index (χ3n) is 8.23. The molecule has 0 N–H and O–H groups in total. The van der Waals surface area contributed by atoms with Crippen molar-refractivity contribution < 1.29 is 9.53 Å². The standard InChI is InChI=1S/C22H36O2/c1-15-7-11-17(12-8-15)22(18-13-9-16(2)10-14-18)20-6-4-3-5-19(20)21(23)24-22/h15-20H,3-14H2,1-2H3. The second kappa shape index (κ2) is 6.65. The Balaban J connectivity index is 1.65. The molecule has 0 bridgehead atoms. The van der Waals surface area contributed by atoms with E-state index in [9.17, 15) is 4.79 Å². The van der Waals surface area contributed by atoms with Gasteiger partial charge in [-0.15, -0.1) is 0 Å². The molecule has 4 aliphatic rings. The second-order valence-corrected chi connectivity index (χ2v) is 9.69. The maximum Gasteiger partial charge on any atom is 0.309 e. The van der Waals surface area contributed by atoms with Gasteiger partial charge >= 0.3 is 5.97 Å². The lowest BCUT2D eigenvalue weighted by Crippen LogP contribution is -2.53. The lowest BCUT2D eigenvalue weighted by Gasteiger charge is -2.50. The van der Waals surface area contributed by atoms with E-state index in [0.717, 1.165) is 18.3 Å². The number of ether oxygens (including phenoxy) is 1. The van der Waals surface area contributed by atoms with Gasteiger partial charge in [-0.2, -0.15) is 0 Å². The molecule has 3 aliphatic carbocycles. The molecule has 1 heterocycles. The lowest BCUT2D eigenvalue weighted by molar-refractivity contribution is -0.170. The van der Waals surface area contributed by atoms with Crippen molar-refractivity contribution in [2.24, 2.45) is 35.5 Å². The first-order chi connectivity index (χ1) is 11.6. The van der Waals surface area contributed by atoms with Crippen LogP contribution in [0.1, 0.15) is 90.9 Å². The summed E-state index contributed by atoms with van der Waals surface area (Å²) >= 11 is 0. The predicted octanol–water partition coefficient (Wildman–Crippen LogP) is 5.74. The summed E-state index contributed by atoms with van der Waals surface area (Å²) in [6.45, 7) is 4.80. The topological polar surface area (TPSA) is 26.3 Å². The Hall–Kier alpha value is -0.530. The molecular weight excluding hydrogens is 296 g/mol. The molecule has 136 valence electrons. The van der Waals surface area contributed by atoms with Crippen LogP contribution >= 0.6 is 0 Å². The van der Waals surface area contributed by atoms with Gasteiger partial charge in [0.15, 0.2) is 0 Å². The van der Waals surface area contributed by atoms with Crippen LogP contribution in [0.3, 0.4) is 0 Å². The molecule has 2 unspecified atom stereocenters. The van der Waals surface area contributed by atoms with Crippen LogP contribution in [-0.4, -0.2) is 11.6 Å². The van der Waals surface area contributed by atoms with Crippen LogP contribution in [0.5, 0.6) is 0 Å². The van der Waals surface area contributed by atoms with Gasteiger partial charge in [-0.1, -0.05) is 52.4 Å². The van der Waals surface area contributed by atoms with E-state index in [2.05, 4.69) is 13.8 Å². The van der Waals surface area contributed by atoms with Crippen LogP contribution in [0.25, 0.3) is 0 Å². The fourth-order valence-electron chi connectivity index (χ4n) is 6.81. The minimum atomic E-state index is -0.0809. The van der Waals surface area contributed by atoms with Gasteiger partial charge in [0.05, 0.1) is 5.92 Å². The maximum absolute atomic E-state index is 12.8. The summed E-state index contributed by atoms with van der Waals surface area (Å²) < 4.78 is 6.51. The Kier molecular flexibility index (Phi) is 4.69. The van der Waals surface area contributed by atoms with Crippen LogP contribution in [0, 0.1) is 35.5 Å². The first-order valence-corrected chi connectivity index (χ1v) is 10.8. The number of carbonyl (C=O) groups excluding carboxylic acids is 1. The fourth-order valence-corrected chi connectivity index (χ4v) is 6.81. The summed E-state index contributed by atoms with van der Waals surface area (Å²) in [5.74, 6) is 3.96. The van der Waals surface area contributed by atoms with E-state index in [0.29, 0.717) is 17.8 Å². The Morgan fingerprint density at radius 1 is 0.750 bits per heavy atom. The van der Waals surface area contributed by atoms with Crippen molar-refractivity contribution in [2.75, 3.05) is 0 Å². The van der Waals surface area contributed by atoms with E-state index in [1.165, 1.54) is 70.6 Å². The smallest absolute Gasteiger partial charge is 0.309 e. The van der Waals surface area contributed by atoms with Crippen LogP contribution in [0.4, 0.5) is 0 Å². The average molecular weight is 333 g/mol. The zero-order valence-electron chi connectivity index (χ0n) is 15.8. The number of hydrogen-bond donors (Lipinski definition) is 0. The molecule has 2 nitrogen and oxygen atoms in total. The molecule has 4 fully saturated rings. The highest BCUT2D eigenvalue weighted by molar-refractivity contribution is 5.76. The summed E-state index contributed by atoms with van der Waals surface area (Å²) in [5, 5.41) is 0. The average Bonchev–Trinajstić information content (AvgIpc) is 2.91. The van der Waals surface area contributed by atoms with Crippen molar-refractivity contribution in [3.63, 3.8) is 0 Å². The molecule has 0 aromatic rings. The van der Waals surface area contributed by atoms with Crippen LogP contribution in [-0.2, 0) is 9.53 Å². The molecule has 1 aliphatic heterocycles. The van der Waals surface area contributed by atoms with Gasteiger partial charge in [-0.05, 0) is 62.2 Å². The number of carbonyl (C=O) groups is 1. The highest BCUT2D eigenvalue weighted by Crippen LogP contribution is 2.58. The number of esters is 1. The first kappa shape index (κ1) is 16.9. The van der Waals surface area contributed by atoms with Crippen molar-refractivity contribution in [3.8, 4) is 0 Å². The molecule has 24 heavy (non-hydrogen) atoms. The van der Waals surface area contributed by atoms with Crippen LogP contribution in [0.2, 0.25) is 0 Å². The molecular formula is C22H36O2. The predicted molar refractivity (Wildman–Crippen MR) is 96.5 cm³/mol. The van der Waals surface area contributed by atoms with E-state index >= 15 is 0 Å². The van der Waals surface area contributed by atoms with Crippen molar-refractivity contribution in [1.82, 2.24) is 0 Å². The Morgan fingerprint density at radius 2 is 1.25 bits per heavy atom. The summed E-state index contributed by atoms with van der Waals surface area (Å²) in [7, 11) is 0. The number of hydrogen-bond acceptors (Lipinski definition) is 2. The first-order valence-electron chi connectivity index (χ1n) is 10.8. The summed E-state index contributed by atoms with van der Waals surface area (Å²) in [6.07, 6.45) is 15.4. The van der Waals surface area contributed by atoms with Gasteiger partial charge < -0.3 is 4.74 Å². The monoisotopic (exact) mass is 332 g/mol. The third kappa shape index (κ3) is 2.72. The van der Waals surface area contributed by atoms with Crippen LogP contribution in [0.15, 0.2) is 0 Å². The van der Waals surface area contributed by atoms with Gasteiger partial charge in [-0.3, -0.25) is 4.79 Å². The minimum absolute atomic E-state index is 0.0809. The third-order valence-corrected chi connectivity index (χ3v) is 8.23. The molecule has 0 amide bonds. The van der Waals surface area contributed by atoms with Crippen molar-refractivity contribution in [1.29, 1.82) is 0 Å². The summed E-state index contributed by atoms with van der Waals surface area (Å²) in [5.41, 5.74) is -0.0809. The van der Waals surface area contributed by atoms with E-state index in [1.54, 1.807) is 0 Å². The Morgan fingerprint density at radius 3 is 1.79 bits per heavy atom. The van der Waals surface area contributed by atoms with Crippen molar-refractivity contribution >= 4 is 5.97 Å². The van der Waals surface area contributed by atoms with Gasteiger partial charge in [-0.25, -0.2) is 0 Å². The highest BCUT2D eigenvalue weighted by Gasteiger charge is 2.62. The Labute approximate surface area is 148 Å². The zero-order chi connectivity index (χ0) is 16.7. The minimum Gasteiger partial charge on any atom is -0.458 e. The number of rotatable bonds is 2. The maximum atomic E-state index is 12.8. The SMILES string of the molecule is CC1CCC(C2(C3CCC(C)CC3)OC(=O)C3CCCCC32)CC1. The van der Waals surface area contributed by atoms with Gasteiger partial charge in [0.25, 0.3) is 0 Å². The molecule has 0 spiro atoms. The highest BCUT2D eigenvalue weighted by atomic mass is 16.6. The quantitative estimate of drug-likeness (QED) is 0.603.